The highest BCUT2D eigenvalue weighted by Crippen LogP contribution is 2.15. The molecule has 0 spiro atoms. The number of thiocarbonyl (C=S) groups is 1. The van der Waals surface area contributed by atoms with Crippen molar-refractivity contribution in [1.29, 1.82) is 0 Å². The van der Waals surface area contributed by atoms with Crippen LogP contribution >= 0.6 is 24.4 Å². The van der Waals surface area contributed by atoms with Crippen LogP contribution < -0.4 is 10.7 Å². The first-order chi connectivity index (χ1) is 11.1. The number of hydrogen-bond donors (Lipinski definition) is 3. The molecule has 0 aliphatic heterocycles. The van der Waals surface area contributed by atoms with Crippen molar-refractivity contribution < 1.29 is 0 Å². The summed E-state index contributed by atoms with van der Waals surface area (Å²) in [5.74, 6) is 0.670. The molecule has 0 atom stereocenters. The SMILES string of the molecule is Cc1ccc(NC(=S)Nn2c(-c3ccccc3)n[nH]c2=S)cc1. The minimum absolute atomic E-state index is 0.434. The average molecular weight is 341 g/mol. The van der Waals surface area contributed by atoms with Gasteiger partial charge in [-0.1, -0.05) is 48.0 Å². The number of aryl methyl sites for hydroxylation is 1. The highest BCUT2D eigenvalue weighted by molar-refractivity contribution is 7.80. The Morgan fingerprint density at radius 1 is 1.09 bits per heavy atom. The van der Waals surface area contributed by atoms with E-state index in [-0.39, 0.29) is 0 Å². The predicted molar refractivity (Wildman–Crippen MR) is 99.6 cm³/mol. The van der Waals surface area contributed by atoms with Gasteiger partial charge >= 0.3 is 0 Å². The summed E-state index contributed by atoms with van der Waals surface area (Å²) in [6.07, 6.45) is 0. The van der Waals surface area contributed by atoms with Crippen molar-refractivity contribution in [2.24, 2.45) is 0 Å². The Morgan fingerprint density at radius 2 is 1.78 bits per heavy atom. The van der Waals surface area contributed by atoms with Gasteiger partial charge in [-0.3, -0.25) is 5.43 Å². The fourth-order valence-electron chi connectivity index (χ4n) is 2.08. The van der Waals surface area contributed by atoms with Gasteiger partial charge in [0.2, 0.25) is 4.77 Å². The van der Waals surface area contributed by atoms with E-state index in [2.05, 4.69) is 20.9 Å². The topological polar surface area (TPSA) is 57.7 Å². The molecule has 23 heavy (non-hydrogen) atoms. The summed E-state index contributed by atoms with van der Waals surface area (Å²) in [6, 6.07) is 17.7. The summed E-state index contributed by atoms with van der Waals surface area (Å²) in [5, 5.41) is 10.6. The van der Waals surface area contributed by atoms with Crippen LogP contribution in [-0.2, 0) is 0 Å². The molecule has 0 bridgehead atoms. The predicted octanol–water partition coefficient (Wildman–Crippen LogP) is 3.86. The molecule has 3 rings (SSSR count). The van der Waals surface area contributed by atoms with Crippen molar-refractivity contribution in [2.75, 3.05) is 10.7 Å². The molecule has 0 aliphatic carbocycles. The Kier molecular flexibility index (Phi) is 4.50. The number of nitrogens with zero attached hydrogens (tertiary/aromatic N) is 2. The Hall–Kier alpha value is -2.51. The Labute approximate surface area is 144 Å². The Balaban J connectivity index is 1.80. The van der Waals surface area contributed by atoms with E-state index < -0.39 is 0 Å². The second-order valence-corrected chi connectivity index (χ2v) is 5.78. The lowest BCUT2D eigenvalue weighted by molar-refractivity contribution is 0.963. The van der Waals surface area contributed by atoms with E-state index in [0.717, 1.165) is 11.3 Å². The van der Waals surface area contributed by atoms with E-state index in [1.165, 1.54) is 5.56 Å². The molecule has 3 N–H and O–H groups in total. The van der Waals surface area contributed by atoms with E-state index in [1.807, 2.05) is 61.5 Å². The largest absolute Gasteiger partial charge is 0.331 e. The van der Waals surface area contributed by atoms with Crippen LogP contribution in [0.15, 0.2) is 54.6 Å². The van der Waals surface area contributed by atoms with E-state index >= 15 is 0 Å². The molecular formula is C16H15N5S2. The van der Waals surface area contributed by atoms with Crippen molar-refractivity contribution >= 4 is 35.2 Å². The third-order valence-corrected chi connectivity index (χ3v) is 3.69. The molecule has 1 heterocycles. The van der Waals surface area contributed by atoms with Gasteiger partial charge in [0.1, 0.15) is 0 Å². The van der Waals surface area contributed by atoms with E-state index in [1.54, 1.807) is 4.68 Å². The standard InChI is InChI=1S/C16H15N5S2/c1-11-7-9-13(10-8-11)17-15(22)20-21-14(18-19-16(21)23)12-5-3-2-4-6-12/h2-10H,1H3,(H,19,23)(H2,17,20,22). The maximum Gasteiger partial charge on any atom is 0.215 e. The van der Waals surface area contributed by atoms with E-state index in [0.29, 0.717) is 15.7 Å². The van der Waals surface area contributed by atoms with Crippen LogP contribution in [0.2, 0.25) is 0 Å². The molecule has 7 heteroatoms. The second-order valence-electron chi connectivity index (χ2n) is 4.99. The van der Waals surface area contributed by atoms with Gasteiger partial charge in [-0.15, -0.1) is 0 Å². The molecule has 2 aromatic carbocycles. The van der Waals surface area contributed by atoms with Crippen molar-refractivity contribution in [3.05, 3.63) is 64.9 Å². The van der Waals surface area contributed by atoms with Crippen LogP contribution in [0.4, 0.5) is 5.69 Å². The zero-order chi connectivity index (χ0) is 16.2. The van der Waals surface area contributed by atoms with Gasteiger partial charge in [0, 0.05) is 11.3 Å². The van der Waals surface area contributed by atoms with Gasteiger partial charge in [0.15, 0.2) is 10.9 Å². The highest BCUT2D eigenvalue weighted by atomic mass is 32.1. The maximum atomic E-state index is 5.36. The zero-order valence-corrected chi connectivity index (χ0v) is 14.0. The molecule has 0 aliphatic rings. The second kappa shape index (κ2) is 6.72. The van der Waals surface area contributed by atoms with Crippen molar-refractivity contribution in [1.82, 2.24) is 14.9 Å². The number of aromatic nitrogens is 3. The van der Waals surface area contributed by atoms with Gasteiger partial charge in [-0.2, -0.15) is 5.10 Å². The molecule has 3 aromatic rings. The number of H-pyrrole nitrogens is 1. The number of anilines is 1. The minimum Gasteiger partial charge on any atom is -0.331 e. The lowest BCUT2D eigenvalue weighted by atomic mass is 10.2. The first-order valence-electron chi connectivity index (χ1n) is 7.01. The van der Waals surface area contributed by atoms with Crippen molar-refractivity contribution in [2.45, 2.75) is 6.92 Å². The summed E-state index contributed by atoms with van der Waals surface area (Å²) in [4.78, 5) is 0. The summed E-state index contributed by atoms with van der Waals surface area (Å²) in [5.41, 5.74) is 6.09. The van der Waals surface area contributed by atoms with Crippen LogP contribution in [-0.4, -0.2) is 20.0 Å². The monoisotopic (exact) mass is 341 g/mol. The van der Waals surface area contributed by atoms with Crippen LogP contribution in [0, 0.1) is 11.7 Å². The molecular weight excluding hydrogens is 326 g/mol. The van der Waals surface area contributed by atoms with Gasteiger partial charge in [-0.25, -0.2) is 9.77 Å². The highest BCUT2D eigenvalue weighted by Gasteiger charge is 2.09. The van der Waals surface area contributed by atoms with Crippen molar-refractivity contribution in [3.8, 4) is 11.4 Å². The molecule has 0 radical (unpaired) electrons. The number of rotatable bonds is 3. The third-order valence-electron chi connectivity index (χ3n) is 3.23. The van der Waals surface area contributed by atoms with Crippen LogP contribution in [0.25, 0.3) is 11.4 Å². The van der Waals surface area contributed by atoms with Crippen LogP contribution in [0.1, 0.15) is 5.56 Å². The molecule has 116 valence electrons. The van der Waals surface area contributed by atoms with E-state index in [4.69, 9.17) is 24.4 Å². The van der Waals surface area contributed by atoms with Gasteiger partial charge < -0.3 is 5.32 Å². The van der Waals surface area contributed by atoms with Crippen LogP contribution in [0.5, 0.6) is 0 Å². The fourth-order valence-corrected chi connectivity index (χ4v) is 2.47. The number of hydrogen-bond acceptors (Lipinski definition) is 3. The summed E-state index contributed by atoms with van der Waals surface area (Å²) >= 11 is 10.6. The summed E-state index contributed by atoms with van der Waals surface area (Å²) in [7, 11) is 0. The number of benzene rings is 2. The quantitative estimate of drug-likeness (QED) is 0.632. The normalized spacial score (nSPS) is 10.3. The minimum atomic E-state index is 0.434. The molecule has 5 nitrogen and oxygen atoms in total. The van der Waals surface area contributed by atoms with E-state index in [9.17, 15) is 0 Å². The van der Waals surface area contributed by atoms with Gasteiger partial charge in [0.25, 0.3) is 0 Å². The smallest absolute Gasteiger partial charge is 0.215 e. The summed E-state index contributed by atoms with van der Waals surface area (Å²) < 4.78 is 2.09. The Morgan fingerprint density at radius 3 is 2.48 bits per heavy atom. The fraction of sp³-hybridized carbons (Fsp3) is 0.0625. The van der Waals surface area contributed by atoms with Crippen molar-refractivity contribution in [3.63, 3.8) is 0 Å². The first-order valence-corrected chi connectivity index (χ1v) is 7.82. The summed E-state index contributed by atoms with van der Waals surface area (Å²) in [6.45, 7) is 2.04. The first kappa shape index (κ1) is 15.4. The molecule has 0 fully saturated rings. The molecule has 0 saturated heterocycles. The lowest BCUT2D eigenvalue weighted by Crippen LogP contribution is -2.28. The maximum absolute atomic E-state index is 5.36. The Bertz CT molecular complexity index is 865. The molecule has 0 amide bonds. The van der Waals surface area contributed by atoms with Gasteiger partial charge in [0.05, 0.1) is 0 Å². The average Bonchev–Trinajstić information content (AvgIpc) is 2.91. The van der Waals surface area contributed by atoms with Crippen LogP contribution in [0.3, 0.4) is 0 Å². The number of nitrogens with one attached hydrogen (secondary N) is 3. The molecule has 0 unspecified atom stereocenters. The molecule has 0 saturated carbocycles. The third kappa shape index (κ3) is 3.64. The molecule has 1 aromatic heterocycles. The lowest BCUT2D eigenvalue weighted by Gasteiger charge is -2.13. The zero-order valence-electron chi connectivity index (χ0n) is 12.4. The van der Waals surface area contributed by atoms with Gasteiger partial charge in [-0.05, 0) is 43.5 Å². The number of aromatic amines is 1.